The number of nitrogens with two attached hydrogens (primary N) is 2. The highest BCUT2D eigenvalue weighted by atomic mass is 16.2. The number of carbonyl (C=O) groups excluding carboxylic acids is 2. The molecule has 6 N–H and O–H groups in total. The first-order valence-electron chi connectivity index (χ1n) is 6.59. The smallest absolute Gasteiger partial charge is 0.332 e. The van der Waals surface area contributed by atoms with Gasteiger partial charge in [-0.1, -0.05) is 12.8 Å². The third kappa shape index (κ3) is 12.3. The van der Waals surface area contributed by atoms with Gasteiger partial charge in [-0.15, -0.1) is 0 Å². The van der Waals surface area contributed by atoms with Crippen molar-refractivity contribution in [3.05, 3.63) is 0 Å². The number of unbranched alkanes of at least 4 members (excludes halogenated alkanes) is 3. The molecular weight excluding hydrogens is 260 g/mol. The number of amides is 4. The predicted octanol–water partition coefficient (Wildman–Crippen LogP) is 1.42. The highest BCUT2D eigenvalue weighted by Crippen LogP contribution is 2.06. The topological polar surface area (TPSA) is 135 Å². The Labute approximate surface area is 119 Å². The third-order valence-electron chi connectivity index (χ3n) is 2.54. The number of nitrogens with zero attached hydrogens (tertiary/aromatic N) is 2. The van der Waals surface area contributed by atoms with Crippen LogP contribution in [0.4, 0.5) is 9.59 Å². The van der Waals surface area contributed by atoms with Crippen molar-refractivity contribution in [3.63, 3.8) is 0 Å². The van der Waals surface area contributed by atoms with E-state index >= 15 is 0 Å². The molecule has 0 saturated carbocycles. The zero-order valence-corrected chi connectivity index (χ0v) is 12.1. The summed E-state index contributed by atoms with van der Waals surface area (Å²) in [5.74, 6) is 0. The zero-order chi connectivity index (χ0) is 15.4. The largest absolute Gasteiger partial charge is 0.350 e. The van der Waals surface area contributed by atoms with Crippen molar-refractivity contribution in [1.82, 2.24) is 10.9 Å². The first kappa shape index (κ1) is 17.9. The summed E-state index contributed by atoms with van der Waals surface area (Å²) in [6.07, 6.45) is 5.81. The molecule has 20 heavy (non-hydrogen) atoms. The van der Waals surface area contributed by atoms with Crippen molar-refractivity contribution in [2.75, 3.05) is 0 Å². The summed E-state index contributed by atoms with van der Waals surface area (Å²) in [4.78, 5) is 20.9. The lowest BCUT2D eigenvalue weighted by molar-refractivity contribution is 0.248. The molecule has 8 heteroatoms. The van der Waals surface area contributed by atoms with Gasteiger partial charge in [0.2, 0.25) is 0 Å². The molecule has 0 heterocycles. The molecule has 0 unspecified atom stereocenters. The van der Waals surface area contributed by atoms with Crippen LogP contribution in [0.3, 0.4) is 0 Å². The minimum atomic E-state index is -0.649. The van der Waals surface area contributed by atoms with Crippen molar-refractivity contribution >= 4 is 23.5 Å². The van der Waals surface area contributed by atoms with Crippen LogP contribution in [-0.2, 0) is 0 Å². The minimum Gasteiger partial charge on any atom is -0.350 e. The monoisotopic (exact) mass is 284 g/mol. The maximum absolute atomic E-state index is 10.4. The number of nitrogens with one attached hydrogen (secondary N) is 2. The molecule has 0 rings (SSSR count). The van der Waals surface area contributed by atoms with Crippen LogP contribution in [-0.4, -0.2) is 23.5 Å². The Bertz CT molecular complexity index is 342. The molecule has 114 valence electrons. The van der Waals surface area contributed by atoms with Crippen molar-refractivity contribution in [1.29, 1.82) is 0 Å². The van der Waals surface area contributed by atoms with Gasteiger partial charge in [0, 0.05) is 11.4 Å². The molecule has 0 spiro atoms. The summed E-state index contributed by atoms with van der Waals surface area (Å²) in [6.45, 7) is 3.70. The average molecular weight is 284 g/mol. The fourth-order valence-corrected chi connectivity index (χ4v) is 1.53. The van der Waals surface area contributed by atoms with Crippen LogP contribution >= 0.6 is 0 Å². The van der Waals surface area contributed by atoms with Gasteiger partial charge < -0.3 is 11.5 Å². The van der Waals surface area contributed by atoms with Gasteiger partial charge >= 0.3 is 12.1 Å². The van der Waals surface area contributed by atoms with Gasteiger partial charge in [0.15, 0.2) is 0 Å². The Kier molecular flexibility index (Phi) is 9.63. The van der Waals surface area contributed by atoms with Crippen molar-refractivity contribution < 1.29 is 9.59 Å². The molecule has 0 aromatic rings. The van der Waals surface area contributed by atoms with Crippen LogP contribution in [0.5, 0.6) is 0 Å². The van der Waals surface area contributed by atoms with E-state index in [2.05, 4.69) is 21.1 Å². The summed E-state index contributed by atoms with van der Waals surface area (Å²) in [6, 6.07) is -1.30. The Morgan fingerprint density at radius 2 is 1.15 bits per heavy atom. The van der Waals surface area contributed by atoms with Crippen molar-refractivity contribution in [2.24, 2.45) is 21.7 Å². The molecule has 0 aromatic heterocycles. The van der Waals surface area contributed by atoms with E-state index in [0.29, 0.717) is 0 Å². The fourth-order valence-electron chi connectivity index (χ4n) is 1.53. The summed E-state index contributed by atoms with van der Waals surface area (Å²) in [5, 5.41) is 7.66. The quantitative estimate of drug-likeness (QED) is 0.289. The molecule has 0 atom stereocenters. The maximum Gasteiger partial charge on any atom is 0.332 e. The van der Waals surface area contributed by atoms with E-state index in [1.165, 1.54) is 0 Å². The molecule has 0 radical (unpaired) electrons. The van der Waals surface area contributed by atoms with Crippen molar-refractivity contribution in [2.45, 2.75) is 52.4 Å². The molecule has 8 nitrogen and oxygen atoms in total. The summed E-state index contributed by atoms with van der Waals surface area (Å²) in [7, 11) is 0. The minimum absolute atomic E-state index is 0.649. The Balaban J connectivity index is 3.58. The highest BCUT2D eigenvalue weighted by Gasteiger charge is 1.97. The predicted molar refractivity (Wildman–Crippen MR) is 79.4 cm³/mol. The molecule has 0 aliphatic heterocycles. The van der Waals surface area contributed by atoms with E-state index in [-0.39, 0.29) is 0 Å². The van der Waals surface area contributed by atoms with Crippen LogP contribution in [0.1, 0.15) is 52.4 Å². The summed E-state index contributed by atoms with van der Waals surface area (Å²) >= 11 is 0. The number of carbonyl (C=O) groups is 2. The van der Waals surface area contributed by atoms with Gasteiger partial charge in [0.25, 0.3) is 0 Å². The average Bonchev–Trinajstić information content (AvgIpc) is 2.37. The van der Waals surface area contributed by atoms with E-state index in [1.807, 2.05) is 13.8 Å². The Hall–Kier alpha value is -2.12. The van der Waals surface area contributed by atoms with Gasteiger partial charge in [-0.25, -0.2) is 20.4 Å². The highest BCUT2D eigenvalue weighted by molar-refractivity contribution is 5.84. The second-order valence-corrected chi connectivity index (χ2v) is 4.56. The van der Waals surface area contributed by atoms with Gasteiger partial charge in [0.1, 0.15) is 0 Å². The standard InChI is InChI=1S/C12H24N6O2/c1-9(15-17-11(13)19)7-5-3-4-6-8-10(2)16-18-12(14)20/h3-8H2,1-2H3,(H3,13,17,19)(H3,14,18,20)/b15-9+,16-10+. The zero-order valence-electron chi connectivity index (χ0n) is 12.1. The lowest BCUT2D eigenvalue weighted by atomic mass is 10.1. The van der Waals surface area contributed by atoms with E-state index in [0.717, 1.165) is 49.9 Å². The molecule has 0 bridgehead atoms. The van der Waals surface area contributed by atoms with E-state index in [9.17, 15) is 9.59 Å². The van der Waals surface area contributed by atoms with Crippen LogP contribution in [0, 0.1) is 0 Å². The maximum atomic E-state index is 10.4. The first-order valence-corrected chi connectivity index (χ1v) is 6.59. The Morgan fingerprint density at radius 1 is 0.800 bits per heavy atom. The van der Waals surface area contributed by atoms with Crippen LogP contribution < -0.4 is 22.3 Å². The summed E-state index contributed by atoms with van der Waals surface area (Å²) in [5.41, 5.74) is 15.9. The van der Waals surface area contributed by atoms with Gasteiger partial charge in [-0.05, 0) is 39.5 Å². The van der Waals surface area contributed by atoms with Gasteiger partial charge in [-0.2, -0.15) is 10.2 Å². The molecular formula is C12H24N6O2. The lowest BCUT2D eigenvalue weighted by Crippen LogP contribution is -2.25. The number of primary amides is 2. The lowest BCUT2D eigenvalue weighted by Gasteiger charge is -2.03. The molecule has 4 amide bonds. The summed E-state index contributed by atoms with van der Waals surface area (Å²) < 4.78 is 0. The van der Waals surface area contributed by atoms with Gasteiger partial charge in [-0.3, -0.25) is 0 Å². The SMILES string of the molecule is C/C(CCCCCC/C(C)=N/NC(N)=O)=N\NC(N)=O. The second kappa shape index (κ2) is 10.8. The normalized spacial score (nSPS) is 12.1. The number of rotatable bonds is 9. The molecule has 0 aliphatic rings. The second-order valence-electron chi connectivity index (χ2n) is 4.56. The van der Waals surface area contributed by atoms with Crippen LogP contribution in [0.15, 0.2) is 10.2 Å². The Morgan fingerprint density at radius 3 is 1.45 bits per heavy atom. The molecule has 0 aromatic carbocycles. The number of hydrogen-bond acceptors (Lipinski definition) is 4. The molecule has 0 saturated heterocycles. The van der Waals surface area contributed by atoms with Crippen LogP contribution in [0.25, 0.3) is 0 Å². The van der Waals surface area contributed by atoms with Crippen molar-refractivity contribution in [3.8, 4) is 0 Å². The van der Waals surface area contributed by atoms with E-state index in [1.54, 1.807) is 0 Å². The van der Waals surface area contributed by atoms with Gasteiger partial charge in [0.05, 0.1) is 0 Å². The third-order valence-corrected chi connectivity index (χ3v) is 2.54. The van der Waals surface area contributed by atoms with Crippen LogP contribution in [0.2, 0.25) is 0 Å². The number of hydrazone groups is 2. The molecule has 0 aliphatic carbocycles. The number of hydrogen-bond donors (Lipinski definition) is 4. The fraction of sp³-hybridized carbons (Fsp3) is 0.667. The van der Waals surface area contributed by atoms with E-state index < -0.39 is 12.1 Å². The number of urea groups is 2. The van der Waals surface area contributed by atoms with E-state index in [4.69, 9.17) is 11.5 Å². The molecule has 0 fully saturated rings. The first-order chi connectivity index (χ1) is 9.41.